The number of hydrogen-bond acceptors (Lipinski definition) is 9. The van der Waals surface area contributed by atoms with Gasteiger partial charge < -0.3 is 14.6 Å². The van der Waals surface area contributed by atoms with E-state index in [9.17, 15) is 23.3 Å². The quantitative estimate of drug-likeness (QED) is 0.189. The molecule has 2 heterocycles. The predicted octanol–water partition coefficient (Wildman–Crippen LogP) is 6.19. The maximum atomic E-state index is 14.0. The summed E-state index contributed by atoms with van der Waals surface area (Å²) >= 11 is 0. The number of ether oxygens (including phenoxy) is 1. The molecule has 1 aromatic heterocycles. The van der Waals surface area contributed by atoms with Crippen LogP contribution in [0.4, 0.5) is 5.82 Å². The number of benzene rings is 2. The fourth-order valence-corrected chi connectivity index (χ4v) is 7.82. The second-order valence-corrected chi connectivity index (χ2v) is 15.0. The average Bonchev–Trinajstić information content (AvgIpc) is 3.79. The fourth-order valence-electron chi connectivity index (χ4n) is 6.54. The molecule has 12 nitrogen and oxygen atoms in total. The summed E-state index contributed by atoms with van der Waals surface area (Å²) in [7, 11) is -4.06. The van der Waals surface area contributed by atoms with Gasteiger partial charge in [0.1, 0.15) is 17.0 Å². The highest BCUT2D eigenvalue weighted by atomic mass is 32.2. The van der Waals surface area contributed by atoms with Gasteiger partial charge in [0.2, 0.25) is 5.91 Å². The van der Waals surface area contributed by atoms with Gasteiger partial charge in [-0.25, -0.2) is 8.42 Å². The Morgan fingerprint density at radius 1 is 1.12 bits per heavy atom. The van der Waals surface area contributed by atoms with Gasteiger partial charge >= 0.3 is 0 Å². The van der Waals surface area contributed by atoms with E-state index >= 15 is 0 Å². The van der Waals surface area contributed by atoms with Crippen molar-refractivity contribution in [3.05, 3.63) is 64.9 Å². The minimum atomic E-state index is -4.06. The maximum absolute atomic E-state index is 14.0. The minimum Gasteiger partial charge on any atom is -0.377 e. The third-order valence-electron chi connectivity index (χ3n) is 9.67. The molecule has 50 heavy (non-hydrogen) atoms. The third-order valence-corrected chi connectivity index (χ3v) is 11.1. The number of amides is 2. The van der Waals surface area contributed by atoms with Crippen LogP contribution in [0.5, 0.6) is 0 Å². The molecule has 13 heteroatoms. The van der Waals surface area contributed by atoms with Gasteiger partial charge in [0.25, 0.3) is 15.9 Å². The van der Waals surface area contributed by atoms with Gasteiger partial charge in [0, 0.05) is 24.2 Å². The topological polar surface area (TPSA) is 167 Å². The monoisotopic (exact) mass is 702 g/mol. The second-order valence-electron chi connectivity index (χ2n) is 13.3. The highest BCUT2D eigenvalue weighted by Gasteiger charge is 2.47. The molecular weight excluding hydrogens is 657 g/mol. The Morgan fingerprint density at radius 2 is 1.86 bits per heavy atom. The summed E-state index contributed by atoms with van der Waals surface area (Å²) in [4.78, 5) is 33.8. The van der Waals surface area contributed by atoms with E-state index < -0.39 is 21.0 Å². The highest BCUT2D eigenvalue weighted by Crippen LogP contribution is 2.38. The van der Waals surface area contributed by atoms with Crippen molar-refractivity contribution in [1.82, 2.24) is 15.4 Å². The van der Waals surface area contributed by atoms with Crippen LogP contribution >= 0.6 is 0 Å². The molecule has 1 saturated carbocycles. The van der Waals surface area contributed by atoms with Crippen molar-refractivity contribution in [2.24, 2.45) is 10.4 Å². The summed E-state index contributed by atoms with van der Waals surface area (Å²) in [6.45, 7) is 10.0. The molecule has 0 saturated heterocycles. The third kappa shape index (κ3) is 7.46. The predicted molar refractivity (Wildman–Crippen MR) is 189 cm³/mol. The largest absolute Gasteiger partial charge is 0.377 e. The number of nitrogens with one attached hydrogen (secondary N) is 2. The summed E-state index contributed by atoms with van der Waals surface area (Å²) in [5.41, 5.74) is 1.08. The summed E-state index contributed by atoms with van der Waals surface area (Å²) < 4.78 is 40.9. The zero-order chi connectivity index (χ0) is 36.1. The fraction of sp³-hybridized carbons (Fsp3) is 0.486. The van der Waals surface area contributed by atoms with Gasteiger partial charge in [-0.3, -0.25) is 24.2 Å². The van der Waals surface area contributed by atoms with Gasteiger partial charge in [-0.05, 0) is 69.7 Å². The number of nitrogens with zero attached hydrogens (tertiary/aromatic N) is 4. The molecule has 266 valence electrons. The maximum Gasteiger partial charge on any atom is 0.263 e. The van der Waals surface area contributed by atoms with Crippen molar-refractivity contribution in [3.8, 4) is 17.2 Å². The van der Waals surface area contributed by atoms with Gasteiger partial charge in [0.15, 0.2) is 11.4 Å². The lowest BCUT2D eigenvalue weighted by Gasteiger charge is -2.26. The first-order valence-corrected chi connectivity index (χ1v) is 18.7. The van der Waals surface area contributed by atoms with Gasteiger partial charge in [0.05, 0.1) is 30.7 Å². The van der Waals surface area contributed by atoms with E-state index in [0.29, 0.717) is 54.2 Å². The van der Waals surface area contributed by atoms with Crippen molar-refractivity contribution in [2.75, 3.05) is 17.9 Å². The van der Waals surface area contributed by atoms with Crippen LogP contribution in [-0.4, -0.2) is 54.8 Å². The van der Waals surface area contributed by atoms with Gasteiger partial charge in [-0.15, -0.1) is 0 Å². The van der Waals surface area contributed by atoms with E-state index in [1.165, 1.54) is 0 Å². The molecule has 2 N–H and O–H groups in total. The molecule has 2 aliphatic rings. The van der Waals surface area contributed by atoms with Crippen LogP contribution in [0.3, 0.4) is 0 Å². The number of aliphatic imine (C=N–C) groups is 1. The zero-order valence-electron chi connectivity index (χ0n) is 29.5. The molecule has 0 spiro atoms. The molecule has 0 radical (unpaired) electrons. The Balaban J connectivity index is 1.43. The Morgan fingerprint density at radius 3 is 2.52 bits per heavy atom. The number of carbonyl (C=O) groups excluding carboxylic acids is 2. The number of carbonyl (C=O) groups is 2. The summed E-state index contributed by atoms with van der Waals surface area (Å²) in [5.74, 6) is 0.743. The second kappa shape index (κ2) is 15.1. The smallest absolute Gasteiger partial charge is 0.263 e. The number of unbranched alkanes of at least 4 members (excludes halogenated alkanes) is 1. The van der Waals surface area contributed by atoms with Crippen LogP contribution in [-0.2, 0) is 37.5 Å². The molecule has 1 aliphatic heterocycles. The first-order valence-electron chi connectivity index (χ1n) is 17.2. The van der Waals surface area contributed by atoms with Gasteiger partial charge in [-0.1, -0.05) is 67.7 Å². The zero-order valence-corrected chi connectivity index (χ0v) is 30.3. The van der Waals surface area contributed by atoms with E-state index in [0.717, 1.165) is 36.8 Å². The molecular formula is C37H46N6O6S. The molecule has 0 bridgehead atoms. The number of amidine groups is 1. The Hall–Kier alpha value is -4.54. The van der Waals surface area contributed by atoms with Crippen LogP contribution in [0.25, 0.3) is 11.1 Å². The molecule has 1 aliphatic carbocycles. The van der Waals surface area contributed by atoms with Crippen LogP contribution in [0.2, 0.25) is 0 Å². The van der Waals surface area contributed by atoms with Crippen LogP contribution < -0.4 is 10.0 Å². The number of nitriles is 1. The normalized spacial score (nSPS) is 18.6. The van der Waals surface area contributed by atoms with Crippen molar-refractivity contribution in [2.45, 2.75) is 103 Å². The SMILES string of the molecule is CCCCC1=N[C@@](C)(CNC(=O)C2(C#N)CCCC2)C(=O)N1Cc1ccc(-c2ccccc2S(=O)(=O)Nc2noc(C)c2C)c(COCC)c1. The van der Waals surface area contributed by atoms with E-state index in [-0.39, 0.29) is 42.2 Å². The van der Waals surface area contributed by atoms with Crippen LogP contribution in [0.1, 0.15) is 88.2 Å². The van der Waals surface area contributed by atoms with Crippen molar-refractivity contribution in [1.29, 1.82) is 5.26 Å². The molecule has 1 atom stereocenters. The lowest BCUT2D eigenvalue weighted by molar-refractivity contribution is -0.132. The van der Waals surface area contributed by atoms with Gasteiger partial charge in [-0.2, -0.15) is 5.26 Å². The molecule has 2 amide bonds. The first kappa shape index (κ1) is 36.7. The van der Waals surface area contributed by atoms with Crippen molar-refractivity contribution < 1.29 is 27.3 Å². The Kier molecular flexibility index (Phi) is 11.1. The lowest BCUT2D eigenvalue weighted by atomic mass is 9.86. The molecule has 0 unspecified atom stereocenters. The molecule has 5 rings (SSSR count). The number of aromatic nitrogens is 1. The Bertz CT molecular complexity index is 1920. The van der Waals surface area contributed by atoms with E-state index in [4.69, 9.17) is 14.3 Å². The van der Waals surface area contributed by atoms with Crippen molar-refractivity contribution >= 4 is 33.5 Å². The molecule has 3 aromatic rings. The number of rotatable bonds is 15. The highest BCUT2D eigenvalue weighted by molar-refractivity contribution is 7.92. The summed E-state index contributed by atoms with van der Waals surface area (Å²) in [6, 6.07) is 14.6. The minimum absolute atomic E-state index is 0.00146. The van der Waals surface area contributed by atoms with Crippen molar-refractivity contribution in [3.63, 3.8) is 0 Å². The number of hydrogen-bond donors (Lipinski definition) is 2. The number of aryl methyl sites for hydroxylation is 1. The van der Waals surface area contributed by atoms with Crippen LogP contribution in [0, 0.1) is 30.6 Å². The first-order chi connectivity index (χ1) is 23.9. The lowest BCUT2D eigenvalue weighted by Crippen LogP contribution is -2.50. The molecule has 1 fully saturated rings. The number of anilines is 1. The molecule has 2 aromatic carbocycles. The standard InChI is InChI=1S/C37H46N6O6S/c1-6-8-15-32-40-36(5,24-39-34(44)37(23-38)18-11-12-19-37)35(45)43(32)21-27-16-17-29(28(20-27)22-48-7-2)30-13-9-10-14-31(30)50(46,47)42-33-25(3)26(4)49-41-33/h9-10,13-14,16-17,20H,6-8,11-12,15,18-19,21-22,24H2,1-5H3,(H,39,44)(H,41,42)/t36-/m0/s1. The van der Waals surface area contributed by atoms with E-state index in [2.05, 4.69) is 28.2 Å². The number of sulfonamides is 1. The summed E-state index contributed by atoms with van der Waals surface area (Å²) in [6.07, 6.45) is 5.05. The van der Waals surface area contributed by atoms with E-state index in [1.807, 2.05) is 25.1 Å². The Labute approximate surface area is 294 Å². The summed E-state index contributed by atoms with van der Waals surface area (Å²) in [5, 5.41) is 16.5. The van der Waals surface area contributed by atoms with Crippen LogP contribution in [0.15, 0.2) is 56.9 Å². The average molecular weight is 703 g/mol. The van der Waals surface area contributed by atoms with E-state index in [1.54, 1.807) is 49.9 Å².